The Morgan fingerprint density at radius 1 is 0.909 bits per heavy atom. The van der Waals surface area contributed by atoms with Crippen molar-refractivity contribution in [3.63, 3.8) is 0 Å². The van der Waals surface area contributed by atoms with Gasteiger partial charge in [0.1, 0.15) is 5.69 Å². The predicted molar refractivity (Wildman–Crippen MR) is 82.4 cm³/mol. The molecule has 0 spiro atoms. The van der Waals surface area contributed by atoms with Crippen LogP contribution in [0.1, 0.15) is 0 Å². The molecule has 0 aliphatic heterocycles. The Kier molecular flexibility index (Phi) is 3.49. The van der Waals surface area contributed by atoms with Crippen molar-refractivity contribution in [1.29, 1.82) is 0 Å². The highest BCUT2D eigenvalue weighted by Crippen LogP contribution is 2.34. The Hall–Kier alpha value is -3.28. The van der Waals surface area contributed by atoms with E-state index in [0.29, 0.717) is 16.8 Å². The number of hydrogen-bond acceptors (Lipinski definition) is 4. The molecule has 1 N–H and O–H groups in total. The maximum atomic E-state index is 11.9. The van der Waals surface area contributed by atoms with Gasteiger partial charge in [-0.2, -0.15) is 5.10 Å². The summed E-state index contributed by atoms with van der Waals surface area (Å²) in [5, 5.41) is 17.6. The second-order valence-electron chi connectivity index (χ2n) is 4.61. The van der Waals surface area contributed by atoms with Gasteiger partial charge < -0.3 is 0 Å². The number of H-pyrrole nitrogens is 1. The molecule has 0 saturated heterocycles. The fourth-order valence-corrected chi connectivity index (χ4v) is 2.30. The third kappa shape index (κ3) is 2.37. The molecular formula is C16H11N3O3. The molecule has 6 nitrogen and oxygen atoms in total. The van der Waals surface area contributed by atoms with Crippen molar-refractivity contribution in [2.45, 2.75) is 0 Å². The number of nitro groups is 1. The first-order valence-electron chi connectivity index (χ1n) is 6.56. The standard InChI is InChI=1S/C16H11N3O3/c20-16-15(19(21)22)13(11-7-3-1-4-8-11)14(17-18-16)12-9-5-2-6-10-12/h1-10H,(H,18,20). The Labute approximate surface area is 125 Å². The van der Waals surface area contributed by atoms with Crippen molar-refractivity contribution in [2.24, 2.45) is 0 Å². The molecule has 0 saturated carbocycles. The average Bonchev–Trinajstić information content (AvgIpc) is 2.56. The molecule has 0 unspecified atom stereocenters. The SMILES string of the molecule is O=c1[nH]nc(-c2ccccc2)c(-c2ccccc2)c1[N+](=O)[O-]. The number of hydrogen-bond donors (Lipinski definition) is 1. The van der Waals surface area contributed by atoms with Gasteiger partial charge in [0.25, 0.3) is 0 Å². The van der Waals surface area contributed by atoms with Gasteiger partial charge in [0.2, 0.25) is 0 Å². The number of aromatic amines is 1. The fraction of sp³-hybridized carbons (Fsp3) is 0. The molecule has 1 aromatic heterocycles. The molecular weight excluding hydrogens is 282 g/mol. The molecule has 22 heavy (non-hydrogen) atoms. The summed E-state index contributed by atoms with van der Waals surface area (Å²) in [5.74, 6) is 0. The lowest BCUT2D eigenvalue weighted by Gasteiger charge is -2.08. The minimum absolute atomic E-state index is 0.223. The molecule has 0 aliphatic rings. The van der Waals surface area contributed by atoms with Gasteiger partial charge in [0.15, 0.2) is 0 Å². The van der Waals surface area contributed by atoms with Crippen LogP contribution in [0.5, 0.6) is 0 Å². The van der Waals surface area contributed by atoms with Crippen LogP contribution in [0, 0.1) is 10.1 Å². The van der Waals surface area contributed by atoms with E-state index in [1.54, 1.807) is 42.5 Å². The van der Waals surface area contributed by atoms with Crippen LogP contribution in [0.25, 0.3) is 22.4 Å². The smallest absolute Gasteiger partial charge is 0.260 e. The molecule has 3 rings (SSSR count). The molecule has 0 amide bonds. The first-order chi connectivity index (χ1) is 10.7. The van der Waals surface area contributed by atoms with Crippen LogP contribution in [-0.2, 0) is 0 Å². The predicted octanol–water partition coefficient (Wildman–Crippen LogP) is 3.01. The minimum atomic E-state index is -0.816. The molecule has 6 heteroatoms. The lowest BCUT2D eigenvalue weighted by Crippen LogP contribution is -2.15. The van der Waals surface area contributed by atoms with Gasteiger partial charge in [0, 0.05) is 5.56 Å². The second-order valence-corrected chi connectivity index (χ2v) is 4.61. The van der Waals surface area contributed by atoms with Crippen molar-refractivity contribution in [1.82, 2.24) is 10.2 Å². The first kappa shape index (κ1) is 13.7. The van der Waals surface area contributed by atoms with Crippen LogP contribution < -0.4 is 5.56 Å². The van der Waals surface area contributed by atoms with Gasteiger partial charge in [-0.15, -0.1) is 0 Å². The molecule has 0 fully saturated rings. The van der Waals surface area contributed by atoms with E-state index in [2.05, 4.69) is 10.2 Å². The normalized spacial score (nSPS) is 10.4. The van der Waals surface area contributed by atoms with Gasteiger partial charge in [-0.3, -0.25) is 14.9 Å². The van der Waals surface area contributed by atoms with Gasteiger partial charge >= 0.3 is 11.2 Å². The number of nitrogens with one attached hydrogen (secondary N) is 1. The topological polar surface area (TPSA) is 88.9 Å². The van der Waals surface area contributed by atoms with Crippen LogP contribution in [-0.4, -0.2) is 15.1 Å². The number of rotatable bonds is 3. The monoisotopic (exact) mass is 293 g/mol. The lowest BCUT2D eigenvalue weighted by atomic mass is 9.98. The molecule has 0 radical (unpaired) electrons. The third-order valence-electron chi connectivity index (χ3n) is 3.25. The summed E-state index contributed by atoms with van der Waals surface area (Å²) in [6.07, 6.45) is 0. The van der Waals surface area contributed by atoms with Gasteiger partial charge in [-0.1, -0.05) is 60.7 Å². The van der Waals surface area contributed by atoms with E-state index in [1.165, 1.54) is 0 Å². The highest BCUT2D eigenvalue weighted by molar-refractivity contribution is 5.86. The van der Waals surface area contributed by atoms with E-state index in [4.69, 9.17) is 0 Å². The number of aromatic nitrogens is 2. The van der Waals surface area contributed by atoms with Gasteiger partial charge in [-0.05, 0) is 5.56 Å². The van der Waals surface area contributed by atoms with Crippen molar-refractivity contribution in [2.75, 3.05) is 0 Å². The van der Waals surface area contributed by atoms with E-state index in [0.717, 1.165) is 0 Å². The van der Waals surface area contributed by atoms with Crippen LogP contribution in [0.4, 0.5) is 5.69 Å². The van der Waals surface area contributed by atoms with Crippen molar-refractivity contribution >= 4 is 5.69 Å². The summed E-state index contributed by atoms with van der Waals surface area (Å²) in [7, 11) is 0. The van der Waals surface area contributed by atoms with E-state index in [9.17, 15) is 14.9 Å². The van der Waals surface area contributed by atoms with Gasteiger partial charge in [0.05, 0.1) is 10.5 Å². The average molecular weight is 293 g/mol. The summed E-state index contributed by atoms with van der Waals surface area (Å²) >= 11 is 0. The summed E-state index contributed by atoms with van der Waals surface area (Å²) in [6, 6.07) is 17.8. The Bertz CT molecular complexity index is 874. The van der Waals surface area contributed by atoms with E-state index in [1.807, 2.05) is 18.2 Å². The zero-order chi connectivity index (χ0) is 15.5. The summed E-state index contributed by atoms with van der Waals surface area (Å²) in [5.41, 5.74) is 0.551. The molecule has 108 valence electrons. The quantitative estimate of drug-likeness (QED) is 0.593. The number of benzene rings is 2. The van der Waals surface area contributed by atoms with E-state index in [-0.39, 0.29) is 5.56 Å². The fourth-order valence-electron chi connectivity index (χ4n) is 2.30. The maximum Gasteiger partial charge on any atom is 0.345 e. The first-order valence-corrected chi connectivity index (χ1v) is 6.56. The van der Waals surface area contributed by atoms with Crippen molar-refractivity contribution < 1.29 is 4.92 Å². The lowest BCUT2D eigenvalue weighted by molar-refractivity contribution is -0.385. The van der Waals surface area contributed by atoms with Crippen LogP contribution >= 0.6 is 0 Å². The zero-order valence-electron chi connectivity index (χ0n) is 11.4. The van der Waals surface area contributed by atoms with Crippen molar-refractivity contribution in [3.8, 4) is 22.4 Å². The molecule has 0 atom stereocenters. The third-order valence-corrected chi connectivity index (χ3v) is 3.25. The minimum Gasteiger partial charge on any atom is -0.260 e. The summed E-state index contributed by atoms with van der Waals surface area (Å²) in [4.78, 5) is 22.6. The van der Waals surface area contributed by atoms with Crippen LogP contribution in [0.3, 0.4) is 0 Å². The Morgan fingerprint density at radius 2 is 1.45 bits per heavy atom. The Morgan fingerprint density at radius 3 is 2.00 bits per heavy atom. The molecule has 2 aromatic carbocycles. The molecule has 1 heterocycles. The maximum absolute atomic E-state index is 11.9. The zero-order valence-corrected chi connectivity index (χ0v) is 11.4. The molecule has 0 aliphatic carbocycles. The molecule has 3 aromatic rings. The highest BCUT2D eigenvalue weighted by Gasteiger charge is 2.25. The van der Waals surface area contributed by atoms with E-state index >= 15 is 0 Å². The second kappa shape index (κ2) is 5.61. The number of nitrogens with zero attached hydrogens (tertiary/aromatic N) is 2. The highest BCUT2D eigenvalue weighted by atomic mass is 16.6. The van der Waals surface area contributed by atoms with Crippen LogP contribution in [0.15, 0.2) is 65.5 Å². The summed E-state index contributed by atoms with van der Waals surface area (Å²) in [6.45, 7) is 0. The molecule has 0 bridgehead atoms. The Balaban J connectivity index is 2.39. The largest absolute Gasteiger partial charge is 0.345 e. The van der Waals surface area contributed by atoms with Crippen molar-refractivity contribution in [3.05, 3.63) is 81.1 Å². The van der Waals surface area contributed by atoms with Gasteiger partial charge in [-0.25, -0.2) is 5.10 Å². The summed E-state index contributed by atoms with van der Waals surface area (Å²) < 4.78 is 0. The van der Waals surface area contributed by atoms with E-state index < -0.39 is 16.2 Å². The van der Waals surface area contributed by atoms with Crippen LogP contribution in [0.2, 0.25) is 0 Å².